The van der Waals surface area contributed by atoms with Crippen LogP contribution in [0.2, 0.25) is 0 Å². The highest BCUT2D eigenvalue weighted by Crippen LogP contribution is 2.50. The van der Waals surface area contributed by atoms with Crippen LogP contribution in [0.5, 0.6) is 0 Å². The van der Waals surface area contributed by atoms with Crippen molar-refractivity contribution in [2.45, 2.75) is 53.5 Å². The molecule has 5 heteroatoms. The van der Waals surface area contributed by atoms with Crippen LogP contribution in [0.25, 0.3) is 0 Å². The quantitative estimate of drug-likeness (QED) is 0.723. The number of carbonyl (C=O) groups excluding carboxylic acids is 1. The minimum Gasteiger partial charge on any atom is -0.298 e. The summed E-state index contributed by atoms with van der Waals surface area (Å²) in [7, 11) is -0.859. The molecule has 0 spiro atoms. The van der Waals surface area contributed by atoms with E-state index in [-0.39, 0.29) is 34.2 Å². The van der Waals surface area contributed by atoms with E-state index in [1.807, 2.05) is 14.0 Å². The summed E-state index contributed by atoms with van der Waals surface area (Å²) in [6.07, 6.45) is 1.66. The Morgan fingerprint density at radius 3 is 2.20 bits per heavy atom. The molecule has 0 aromatic rings. The van der Waals surface area contributed by atoms with Crippen molar-refractivity contribution in [3.8, 4) is 0 Å². The van der Waals surface area contributed by atoms with Crippen molar-refractivity contribution in [3.05, 3.63) is 0 Å². The van der Waals surface area contributed by atoms with Crippen LogP contribution in [-0.4, -0.2) is 50.2 Å². The minimum absolute atomic E-state index is 0.0560. The molecule has 20 heavy (non-hydrogen) atoms. The Bertz CT molecular complexity index is 456. The fourth-order valence-corrected chi connectivity index (χ4v) is 5.71. The normalized spacial score (nSPS) is 22.4. The first kappa shape index (κ1) is 17.6. The van der Waals surface area contributed by atoms with Crippen molar-refractivity contribution in [2.75, 3.05) is 25.1 Å². The van der Waals surface area contributed by atoms with Crippen molar-refractivity contribution < 1.29 is 13.2 Å². The lowest BCUT2D eigenvalue weighted by molar-refractivity contribution is -0.122. The molecule has 0 radical (unpaired) electrons. The van der Waals surface area contributed by atoms with Gasteiger partial charge in [-0.15, -0.1) is 0 Å². The number of Topliss-reactive ketones (excluding diaryl/α,β-unsaturated/α-hetero) is 1. The molecule has 1 aliphatic rings. The van der Waals surface area contributed by atoms with Crippen molar-refractivity contribution in [1.82, 2.24) is 4.90 Å². The van der Waals surface area contributed by atoms with E-state index in [0.717, 1.165) is 19.4 Å². The van der Waals surface area contributed by atoms with Crippen molar-refractivity contribution in [1.29, 1.82) is 0 Å². The molecule has 0 aliphatic carbocycles. The van der Waals surface area contributed by atoms with Gasteiger partial charge in [0.1, 0.15) is 5.78 Å². The average molecular weight is 303 g/mol. The summed E-state index contributed by atoms with van der Waals surface area (Å²) in [6, 6.07) is -0.0560. The van der Waals surface area contributed by atoms with Crippen LogP contribution in [0.15, 0.2) is 0 Å². The third-order valence-corrected chi connectivity index (χ3v) is 7.41. The number of carbonyl (C=O) groups is 1. The Labute approximate surface area is 123 Å². The van der Waals surface area contributed by atoms with Gasteiger partial charge >= 0.3 is 0 Å². The smallest absolute Gasteiger partial charge is 0.151 e. The van der Waals surface area contributed by atoms with Gasteiger partial charge in [0.25, 0.3) is 0 Å². The highest BCUT2D eigenvalue weighted by molar-refractivity contribution is 7.92. The fourth-order valence-electron chi connectivity index (χ4n) is 3.07. The van der Waals surface area contributed by atoms with Crippen LogP contribution in [0.3, 0.4) is 0 Å². The third kappa shape index (κ3) is 3.61. The minimum atomic E-state index is -2.83. The zero-order valence-corrected chi connectivity index (χ0v) is 14.5. The molecular formula is C15H29NO3S. The van der Waals surface area contributed by atoms with Gasteiger partial charge < -0.3 is 0 Å². The van der Waals surface area contributed by atoms with Crippen molar-refractivity contribution in [3.63, 3.8) is 0 Å². The van der Waals surface area contributed by atoms with Crippen LogP contribution in [0.1, 0.15) is 47.5 Å². The third-order valence-electron chi connectivity index (χ3n) is 5.25. The van der Waals surface area contributed by atoms with E-state index in [1.54, 1.807) is 6.92 Å². The van der Waals surface area contributed by atoms with Crippen molar-refractivity contribution in [2.24, 2.45) is 10.8 Å². The van der Waals surface area contributed by atoms with Crippen LogP contribution >= 0.6 is 0 Å². The summed E-state index contributed by atoms with van der Waals surface area (Å²) in [4.78, 5) is 13.8. The lowest BCUT2D eigenvalue weighted by Crippen LogP contribution is -2.55. The maximum Gasteiger partial charge on any atom is 0.151 e. The van der Waals surface area contributed by atoms with Gasteiger partial charge in [0.2, 0.25) is 0 Å². The second-order valence-corrected chi connectivity index (χ2v) is 9.28. The Hall–Kier alpha value is -0.420. The van der Waals surface area contributed by atoms with E-state index < -0.39 is 9.84 Å². The summed E-state index contributed by atoms with van der Waals surface area (Å²) in [5.41, 5.74) is -0.224. The molecule has 0 amide bonds. The van der Waals surface area contributed by atoms with Gasteiger partial charge in [0.05, 0.1) is 17.5 Å². The predicted octanol–water partition coefficient (Wildman–Crippen LogP) is 2.14. The summed E-state index contributed by atoms with van der Waals surface area (Å²) in [5.74, 6) is 0.749. The largest absolute Gasteiger partial charge is 0.298 e. The van der Waals surface area contributed by atoms with Crippen LogP contribution < -0.4 is 0 Å². The molecule has 0 N–H and O–H groups in total. The zero-order chi connectivity index (χ0) is 15.8. The van der Waals surface area contributed by atoms with Crippen molar-refractivity contribution >= 4 is 15.6 Å². The molecule has 1 heterocycles. The second-order valence-electron chi connectivity index (χ2n) is 7.22. The number of ketones is 1. The molecule has 118 valence electrons. The molecule has 1 rings (SSSR count). The lowest BCUT2D eigenvalue weighted by atomic mass is 9.65. The SMILES string of the molecule is CCN(C)[C@@H](CCC(C)(C)C1(C)CS(=O)(=O)C1)C(C)=O. The standard InChI is InChI=1S/C15H29NO3S/c1-7-16(6)13(12(2)17)8-9-14(3,4)15(5)10-20(18,19)11-15/h13H,7-11H2,1-6H3/t13-/m0/s1. The number of hydrogen-bond acceptors (Lipinski definition) is 4. The summed E-state index contributed by atoms with van der Waals surface area (Å²) >= 11 is 0. The maximum atomic E-state index is 11.8. The highest BCUT2D eigenvalue weighted by atomic mass is 32.2. The topological polar surface area (TPSA) is 54.5 Å². The van der Waals surface area contributed by atoms with Gasteiger partial charge in [-0.3, -0.25) is 9.69 Å². The molecule has 1 atom stereocenters. The van der Waals surface area contributed by atoms with E-state index in [4.69, 9.17) is 0 Å². The van der Waals surface area contributed by atoms with Gasteiger partial charge in [0.15, 0.2) is 9.84 Å². The average Bonchev–Trinajstić information content (AvgIpc) is 2.25. The van der Waals surface area contributed by atoms with Gasteiger partial charge in [-0.1, -0.05) is 27.7 Å². The molecule has 0 bridgehead atoms. The molecule has 1 aliphatic heterocycles. The number of hydrogen-bond donors (Lipinski definition) is 0. The van der Waals surface area contributed by atoms with E-state index >= 15 is 0 Å². The highest BCUT2D eigenvalue weighted by Gasteiger charge is 2.53. The summed E-state index contributed by atoms with van der Waals surface area (Å²) < 4.78 is 23.0. The zero-order valence-electron chi connectivity index (χ0n) is 13.7. The first-order chi connectivity index (χ1) is 8.94. The first-order valence-electron chi connectivity index (χ1n) is 7.35. The molecule has 0 aromatic carbocycles. The molecule has 0 unspecified atom stereocenters. The Morgan fingerprint density at radius 2 is 1.85 bits per heavy atom. The monoisotopic (exact) mass is 303 g/mol. The van der Waals surface area contributed by atoms with Gasteiger partial charge in [0, 0.05) is 5.41 Å². The van der Waals surface area contributed by atoms with Crippen LogP contribution in [-0.2, 0) is 14.6 Å². The molecule has 0 saturated carbocycles. The van der Waals surface area contributed by atoms with Gasteiger partial charge in [-0.25, -0.2) is 8.42 Å². The van der Waals surface area contributed by atoms with E-state index in [2.05, 4.69) is 25.7 Å². The second kappa shape index (κ2) is 5.76. The molecular weight excluding hydrogens is 274 g/mol. The summed E-state index contributed by atoms with van der Waals surface area (Å²) in [6.45, 7) is 10.8. The Balaban J connectivity index is 2.69. The van der Waals surface area contributed by atoms with E-state index in [0.29, 0.717) is 0 Å². The summed E-state index contributed by atoms with van der Waals surface area (Å²) in [5, 5.41) is 0. The number of nitrogens with zero attached hydrogens (tertiary/aromatic N) is 1. The van der Waals surface area contributed by atoms with Crippen LogP contribution in [0, 0.1) is 10.8 Å². The number of likely N-dealkylation sites (N-methyl/N-ethyl adjacent to an activating group) is 1. The van der Waals surface area contributed by atoms with Gasteiger partial charge in [-0.05, 0) is 38.8 Å². The Morgan fingerprint density at radius 1 is 1.35 bits per heavy atom. The fraction of sp³-hybridized carbons (Fsp3) is 0.933. The van der Waals surface area contributed by atoms with Crippen LogP contribution in [0.4, 0.5) is 0 Å². The van der Waals surface area contributed by atoms with Gasteiger partial charge in [-0.2, -0.15) is 0 Å². The molecule has 1 saturated heterocycles. The first-order valence-corrected chi connectivity index (χ1v) is 9.17. The number of sulfone groups is 1. The molecule has 1 fully saturated rings. The Kier molecular flexibility index (Phi) is 5.08. The van der Waals surface area contributed by atoms with E-state index in [9.17, 15) is 13.2 Å². The molecule has 4 nitrogen and oxygen atoms in total. The molecule has 0 aromatic heterocycles. The maximum absolute atomic E-state index is 11.8. The van der Waals surface area contributed by atoms with E-state index in [1.165, 1.54) is 0 Å². The lowest BCUT2D eigenvalue weighted by Gasteiger charge is -2.50. The predicted molar refractivity (Wildman–Crippen MR) is 82.5 cm³/mol. The number of rotatable bonds is 7.